The van der Waals surface area contributed by atoms with Crippen molar-refractivity contribution in [3.63, 3.8) is 0 Å². The Bertz CT molecular complexity index is 305. The molecule has 1 nitrogen and oxygen atoms in total. The topological polar surface area (TPSA) is 9.23 Å². The molecule has 0 spiro atoms. The summed E-state index contributed by atoms with van der Waals surface area (Å²) in [7, 11) is 0. The quantitative estimate of drug-likeness (QED) is 0.786. The van der Waals surface area contributed by atoms with Gasteiger partial charge >= 0.3 is 0 Å². The first-order valence-corrected chi connectivity index (χ1v) is 5.44. The molecular weight excluding hydrogens is 228 g/mol. The fourth-order valence-corrected chi connectivity index (χ4v) is 1.57. The predicted octanol–water partition coefficient (Wildman–Crippen LogP) is 3.55. The van der Waals surface area contributed by atoms with Gasteiger partial charge in [0.05, 0.1) is 11.1 Å². The highest BCUT2D eigenvalue weighted by molar-refractivity contribution is 9.10. The van der Waals surface area contributed by atoms with E-state index in [4.69, 9.17) is 4.74 Å². The normalized spacial score (nSPS) is 15.8. The van der Waals surface area contributed by atoms with Crippen molar-refractivity contribution in [3.05, 3.63) is 28.2 Å². The molecule has 1 aliphatic carbocycles. The van der Waals surface area contributed by atoms with Crippen LogP contribution in [0.5, 0.6) is 5.75 Å². The molecule has 0 amide bonds. The number of hydrogen-bond donors (Lipinski definition) is 0. The first-order chi connectivity index (χ1) is 6.25. The van der Waals surface area contributed by atoms with Gasteiger partial charge < -0.3 is 4.74 Å². The molecule has 0 bridgehead atoms. The molecule has 0 N–H and O–H groups in total. The number of rotatable bonds is 3. The second-order valence-corrected chi connectivity index (χ2v) is 4.54. The third-order valence-electron chi connectivity index (χ3n) is 2.26. The van der Waals surface area contributed by atoms with E-state index in [2.05, 4.69) is 35.0 Å². The van der Waals surface area contributed by atoms with Crippen molar-refractivity contribution in [3.8, 4) is 5.75 Å². The Morgan fingerprint density at radius 2 is 2.23 bits per heavy atom. The standard InChI is InChI=1S/C11H13BrO/c1-8-2-5-10(12)11(6-8)13-7-9-3-4-9/h2,5-6,9H,3-4,7H2,1H3. The molecule has 1 fully saturated rings. The van der Waals surface area contributed by atoms with Crippen molar-refractivity contribution in [2.75, 3.05) is 6.61 Å². The predicted molar refractivity (Wildman–Crippen MR) is 57.1 cm³/mol. The highest BCUT2D eigenvalue weighted by Gasteiger charge is 2.22. The van der Waals surface area contributed by atoms with Crippen LogP contribution < -0.4 is 4.74 Å². The molecule has 0 atom stereocenters. The summed E-state index contributed by atoms with van der Waals surface area (Å²) in [4.78, 5) is 0. The summed E-state index contributed by atoms with van der Waals surface area (Å²) in [6, 6.07) is 6.19. The molecule has 0 heterocycles. The van der Waals surface area contributed by atoms with Crippen molar-refractivity contribution in [1.82, 2.24) is 0 Å². The van der Waals surface area contributed by atoms with E-state index >= 15 is 0 Å². The van der Waals surface area contributed by atoms with Gasteiger partial charge in [-0.15, -0.1) is 0 Å². The summed E-state index contributed by atoms with van der Waals surface area (Å²) < 4.78 is 6.75. The Morgan fingerprint density at radius 1 is 1.46 bits per heavy atom. The maximum absolute atomic E-state index is 5.69. The minimum Gasteiger partial charge on any atom is -0.492 e. The van der Waals surface area contributed by atoms with E-state index in [1.807, 2.05) is 6.07 Å². The highest BCUT2D eigenvalue weighted by atomic mass is 79.9. The average Bonchev–Trinajstić information content (AvgIpc) is 2.90. The van der Waals surface area contributed by atoms with Crippen LogP contribution >= 0.6 is 15.9 Å². The molecule has 2 rings (SSSR count). The number of benzene rings is 1. The number of hydrogen-bond acceptors (Lipinski definition) is 1. The maximum Gasteiger partial charge on any atom is 0.133 e. The van der Waals surface area contributed by atoms with Crippen LogP contribution in [0.3, 0.4) is 0 Å². The Kier molecular flexibility index (Phi) is 2.58. The molecule has 1 aromatic carbocycles. The summed E-state index contributed by atoms with van der Waals surface area (Å²) in [5.41, 5.74) is 1.24. The minimum atomic E-state index is 0.812. The molecular formula is C11H13BrO. The lowest BCUT2D eigenvalue weighted by Crippen LogP contribution is -1.99. The van der Waals surface area contributed by atoms with Crippen molar-refractivity contribution >= 4 is 15.9 Å². The first kappa shape index (κ1) is 9.07. The fourth-order valence-electron chi connectivity index (χ4n) is 1.21. The second kappa shape index (κ2) is 3.70. The Morgan fingerprint density at radius 3 is 2.92 bits per heavy atom. The van der Waals surface area contributed by atoms with E-state index in [1.165, 1.54) is 18.4 Å². The third-order valence-corrected chi connectivity index (χ3v) is 2.91. The summed E-state index contributed by atoms with van der Waals surface area (Å²) >= 11 is 3.48. The zero-order chi connectivity index (χ0) is 9.26. The van der Waals surface area contributed by atoms with Crippen LogP contribution in [0.25, 0.3) is 0 Å². The number of ether oxygens (including phenoxy) is 1. The van der Waals surface area contributed by atoms with Gasteiger partial charge in [0.2, 0.25) is 0 Å². The maximum atomic E-state index is 5.69. The Labute approximate surface area is 87.2 Å². The van der Waals surface area contributed by atoms with E-state index < -0.39 is 0 Å². The van der Waals surface area contributed by atoms with Crippen molar-refractivity contribution in [1.29, 1.82) is 0 Å². The van der Waals surface area contributed by atoms with Crippen LogP contribution in [0.4, 0.5) is 0 Å². The fraction of sp³-hybridized carbons (Fsp3) is 0.455. The van der Waals surface area contributed by atoms with E-state index in [0.717, 1.165) is 22.7 Å². The molecule has 0 aliphatic heterocycles. The number of halogens is 1. The Balaban J connectivity index is 2.03. The third kappa shape index (κ3) is 2.47. The summed E-state index contributed by atoms with van der Waals surface area (Å²) in [5, 5.41) is 0. The van der Waals surface area contributed by atoms with Gasteiger partial charge in [-0.3, -0.25) is 0 Å². The molecule has 0 unspecified atom stereocenters. The summed E-state index contributed by atoms with van der Waals surface area (Å²) in [6.07, 6.45) is 2.67. The van der Waals surface area contributed by atoms with E-state index in [0.29, 0.717) is 0 Å². The van der Waals surface area contributed by atoms with Crippen molar-refractivity contribution < 1.29 is 4.74 Å². The lowest BCUT2D eigenvalue weighted by Gasteiger charge is -2.07. The monoisotopic (exact) mass is 240 g/mol. The largest absolute Gasteiger partial charge is 0.492 e. The lowest BCUT2D eigenvalue weighted by molar-refractivity contribution is 0.298. The highest BCUT2D eigenvalue weighted by Crippen LogP contribution is 2.32. The van der Waals surface area contributed by atoms with Crippen LogP contribution in [0.2, 0.25) is 0 Å². The molecule has 70 valence electrons. The van der Waals surface area contributed by atoms with Gasteiger partial charge in [-0.05, 0) is 59.3 Å². The molecule has 13 heavy (non-hydrogen) atoms. The molecule has 1 aliphatic rings. The minimum absolute atomic E-state index is 0.812. The lowest BCUT2D eigenvalue weighted by atomic mass is 10.2. The van der Waals surface area contributed by atoms with Crippen LogP contribution in [0.15, 0.2) is 22.7 Å². The van der Waals surface area contributed by atoms with Crippen LogP contribution in [0, 0.1) is 12.8 Å². The van der Waals surface area contributed by atoms with Crippen molar-refractivity contribution in [2.45, 2.75) is 19.8 Å². The van der Waals surface area contributed by atoms with E-state index in [1.54, 1.807) is 0 Å². The molecule has 0 aromatic heterocycles. The van der Waals surface area contributed by atoms with Gasteiger partial charge in [-0.25, -0.2) is 0 Å². The molecule has 1 saturated carbocycles. The van der Waals surface area contributed by atoms with Crippen molar-refractivity contribution in [2.24, 2.45) is 5.92 Å². The van der Waals surface area contributed by atoms with Gasteiger partial charge in [0.25, 0.3) is 0 Å². The van der Waals surface area contributed by atoms with Gasteiger partial charge in [-0.2, -0.15) is 0 Å². The average molecular weight is 241 g/mol. The molecule has 0 radical (unpaired) electrons. The van der Waals surface area contributed by atoms with E-state index in [9.17, 15) is 0 Å². The van der Waals surface area contributed by atoms with Crippen LogP contribution in [-0.2, 0) is 0 Å². The van der Waals surface area contributed by atoms with E-state index in [-0.39, 0.29) is 0 Å². The first-order valence-electron chi connectivity index (χ1n) is 4.64. The van der Waals surface area contributed by atoms with Crippen LogP contribution in [-0.4, -0.2) is 6.61 Å². The van der Waals surface area contributed by atoms with Gasteiger partial charge in [0.15, 0.2) is 0 Å². The molecule has 2 heteroatoms. The smallest absolute Gasteiger partial charge is 0.133 e. The molecule has 0 saturated heterocycles. The van der Waals surface area contributed by atoms with Crippen LogP contribution in [0.1, 0.15) is 18.4 Å². The van der Waals surface area contributed by atoms with Gasteiger partial charge in [0, 0.05) is 0 Å². The summed E-state index contributed by atoms with van der Waals surface area (Å²) in [6.45, 7) is 2.96. The van der Waals surface area contributed by atoms with Gasteiger partial charge in [-0.1, -0.05) is 6.07 Å². The molecule has 1 aromatic rings. The zero-order valence-corrected chi connectivity index (χ0v) is 9.30. The zero-order valence-electron chi connectivity index (χ0n) is 7.72. The number of aryl methyl sites for hydroxylation is 1. The second-order valence-electron chi connectivity index (χ2n) is 3.69. The van der Waals surface area contributed by atoms with Gasteiger partial charge in [0.1, 0.15) is 5.75 Å². The Hall–Kier alpha value is -0.500. The SMILES string of the molecule is Cc1ccc(Br)c(OCC2CC2)c1. The summed E-state index contributed by atoms with van der Waals surface area (Å²) in [5.74, 6) is 1.79.